The largest absolute Gasteiger partial charge is 0.324 e. The van der Waals surface area contributed by atoms with Crippen molar-refractivity contribution in [2.75, 3.05) is 5.32 Å². The SMILES string of the molecule is CCCC(C)(N)C(=O)Nc1cccc(CS(=O)c2ccccc2)c1. The van der Waals surface area contributed by atoms with Gasteiger partial charge in [-0.2, -0.15) is 0 Å². The lowest BCUT2D eigenvalue weighted by molar-refractivity contribution is -0.120. The number of nitrogens with two attached hydrogens (primary N) is 1. The lowest BCUT2D eigenvalue weighted by atomic mass is 9.96. The van der Waals surface area contributed by atoms with Crippen LogP contribution >= 0.6 is 0 Å². The van der Waals surface area contributed by atoms with Gasteiger partial charge >= 0.3 is 0 Å². The first-order chi connectivity index (χ1) is 11.4. The number of anilines is 1. The molecular weight excluding hydrogens is 320 g/mol. The van der Waals surface area contributed by atoms with Gasteiger partial charge in [0.1, 0.15) is 0 Å². The zero-order valence-electron chi connectivity index (χ0n) is 14.1. The number of hydrogen-bond donors (Lipinski definition) is 2. The Morgan fingerprint density at radius 1 is 1.17 bits per heavy atom. The minimum Gasteiger partial charge on any atom is -0.324 e. The molecule has 0 aliphatic carbocycles. The molecule has 5 heteroatoms. The van der Waals surface area contributed by atoms with Crippen LogP contribution in [0.4, 0.5) is 5.69 Å². The normalized spacial score (nSPS) is 14.6. The molecule has 0 saturated carbocycles. The van der Waals surface area contributed by atoms with Crippen molar-refractivity contribution in [2.24, 2.45) is 5.73 Å². The van der Waals surface area contributed by atoms with Gasteiger partial charge < -0.3 is 11.1 Å². The summed E-state index contributed by atoms with van der Waals surface area (Å²) in [7, 11) is -1.11. The minimum atomic E-state index is -1.11. The van der Waals surface area contributed by atoms with Crippen molar-refractivity contribution in [1.29, 1.82) is 0 Å². The standard InChI is InChI=1S/C19H24N2O2S/c1-3-12-19(2,20)18(22)21-16-9-7-8-15(13-16)14-24(23)17-10-5-4-6-11-17/h4-11,13H,3,12,14,20H2,1-2H3,(H,21,22). The van der Waals surface area contributed by atoms with E-state index in [0.29, 0.717) is 17.9 Å². The Hall–Kier alpha value is -1.98. The number of carbonyl (C=O) groups excluding carboxylic acids is 1. The summed E-state index contributed by atoms with van der Waals surface area (Å²) in [5.74, 6) is 0.202. The Morgan fingerprint density at radius 3 is 2.54 bits per heavy atom. The Morgan fingerprint density at radius 2 is 1.88 bits per heavy atom. The second-order valence-electron chi connectivity index (χ2n) is 6.12. The third kappa shape index (κ3) is 5.01. The number of benzene rings is 2. The van der Waals surface area contributed by atoms with Crippen LogP contribution in [0.3, 0.4) is 0 Å². The predicted octanol–water partition coefficient (Wildman–Crippen LogP) is 3.45. The molecule has 3 N–H and O–H groups in total. The quantitative estimate of drug-likeness (QED) is 0.808. The molecule has 0 spiro atoms. The molecule has 0 radical (unpaired) electrons. The lowest BCUT2D eigenvalue weighted by Gasteiger charge is -2.23. The fourth-order valence-electron chi connectivity index (χ4n) is 2.45. The summed E-state index contributed by atoms with van der Waals surface area (Å²) in [5, 5.41) is 2.86. The van der Waals surface area contributed by atoms with Crippen LogP contribution in [0.1, 0.15) is 32.3 Å². The van der Waals surface area contributed by atoms with E-state index in [0.717, 1.165) is 16.9 Å². The summed E-state index contributed by atoms with van der Waals surface area (Å²) in [5.41, 5.74) is 6.74. The minimum absolute atomic E-state index is 0.203. The number of rotatable bonds is 7. The summed E-state index contributed by atoms with van der Waals surface area (Å²) in [6.07, 6.45) is 1.47. The van der Waals surface area contributed by atoms with E-state index in [9.17, 15) is 9.00 Å². The molecule has 128 valence electrons. The van der Waals surface area contributed by atoms with E-state index in [1.165, 1.54) is 0 Å². The molecule has 2 aromatic carbocycles. The predicted molar refractivity (Wildman–Crippen MR) is 99.1 cm³/mol. The molecule has 0 bridgehead atoms. The first-order valence-corrected chi connectivity index (χ1v) is 9.37. The number of carbonyl (C=O) groups is 1. The van der Waals surface area contributed by atoms with Gasteiger partial charge in [-0.15, -0.1) is 0 Å². The summed E-state index contributed by atoms with van der Waals surface area (Å²) in [6, 6.07) is 16.8. The highest BCUT2D eigenvalue weighted by Crippen LogP contribution is 2.18. The van der Waals surface area contributed by atoms with Crippen LogP contribution in [0.25, 0.3) is 0 Å². The number of hydrogen-bond acceptors (Lipinski definition) is 3. The highest BCUT2D eigenvalue weighted by atomic mass is 32.2. The van der Waals surface area contributed by atoms with Gasteiger partial charge in [0.15, 0.2) is 0 Å². The molecule has 24 heavy (non-hydrogen) atoms. The van der Waals surface area contributed by atoms with E-state index >= 15 is 0 Å². The van der Waals surface area contributed by atoms with E-state index in [1.54, 1.807) is 6.92 Å². The summed E-state index contributed by atoms with van der Waals surface area (Å²) in [6.45, 7) is 3.73. The van der Waals surface area contributed by atoms with Crippen molar-refractivity contribution >= 4 is 22.4 Å². The summed E-state index contributed by atoms with van der Waals surface area (Å²) >= 11 is 0. The summed E-state index contributed by atoms with van der Waals surface area (Å²) in [4.78, 5) is 13.1. The van der Waals surface area contributed by atoms with E-state index in [-0.39, 0.29) is 5.91 Å². The van der Waals surface area contributed by atoms with Crippen LogP contribution in [0.5, 0.6) is 0 Å². The van der Waals surface area contributed by atoms with Crippen molar-refractivity contribution < 1.29 is 9.00 Å². The molecule has 2 atom stereocenters. The van der Waals surface area contributed by atoms with Crippen molar-refractivity contribution in [1.82, 2.24) is 0 Å². The number of amides is 1. The van der Waals surface area contributed by atoms with E-state index in [2.05, 4.69) is 5.32 Å². The maximum absolute atomic E-state index is 12.4. The molecule has 2 unspecified atom stereocenters. The van der Waals surface area contributed by atoms with Crippen LogP contribution < -0.4 is 11.1 Å². The Labute approximate surface area is 145 Å². The Bertz CT molecular complexity index is 714. The molecule has 2 aromatic rings. The highest BCUT2D eigenvalue weighted by Gasteiger charge is 2.27. The van der Waals surface area contributed by atoms with E-state index in [1.807, 2.05) is 61.5 Å². The molecule has 0 saturated heterocycles. The molecule has 0 fully saturated rings. The molecule has 0 aromatic heterocycles. The van der Waals surface area contributed by atoms with Gasteiger partial charge in [0.05, 0.1) is 22.1 Å². The maximum atomic E-state index is 12.4. The zero-order chi connectivity index (χ0) is 17.6. The molecule has 0 aliphatic rings. The fraction of sp³-hybridized carbons (Fsp3) is 0.316. The van der Waals surface area contributed by atoms with Gasteiger partial charge in [-0.1, -0.05) is 43.7 Å². The van der Waals surface area contributed by atoms with Crippen molar-refractivity contribution in [3.63, 3.8) is 0 Å². The van der Waals surface area contributed by atoms with Crippen LogP contribution in [-0.2, 0) is 21.3 Å². The maximum Gasteiger partial charge on any atom is 0.244 e. The first-order valence-electron chi connectivity index (χ1n) is 8.05. The molecule has 0 heterocycles. The second kappa shape index (κ2) is 8.22. The number of nitrogens with one attached hydrogen (secondary N) is 1. The molecule has 1 amide bonds. The average Bonchev–Trinajstić information content (AvgIpc) is 2.56. The van der Waals surface area contributed by atoms with Gasteiger partial charge in [-0.05, 0) is 43.2 Å². The van der Waals surface area contributed by atoms with Crippen molar-refractivity contribution in [2.45, 2.75) is 42.9 Å². The zero-order valence-corrected chi connectivity index (χ0v) is 14.9. The third-order valence-electron chi connectivity index (χ3n) is 3.78. The van der Waals surface area contributed by atoms with Crippen LogP contribution in [0.2, 0.25) is 0 Å². The topological polar surface area (TPSA) is 72.2 Å². The summed E-state index contributed by atoms with van der Waals surface area (Å²) < 4.78 is 12.4. The highest BCUT2D eigenvalue weighted by molar-refractivity contribution is 7.84. The van der Waals surface area contributed by atoms with Gasteiger partial charge in [0, 0.05) is 10.6 Å². The Kier molecular flexibility index (Phi) is 6.29. The van der Waals surface area contributed by atoms with E-state index in [4.69, 9.17) is 5.73 Å². The first kappa shape index (κ1) is 18.4. The smallest absolute Gasteiger partial charge is 0.244 e. The van der Waals surface area contributed by atoms with Crippen LogP contribution in [0, 0.1) is 0 Å². The lowest BCUT2D eigenvalue weighted by Crippen LogP contribution is -2.48. The average molecular weight is 344 g/mol. The fourth-order valence-corrected chi connectivity index (χ4v) is 3.56. The third-order valence-corrected chi connectivity index (χ3v) is 5.17. The molecular formula is C19H24N2O2S. The van der Waals surface area contributed by atoms with Gasteiger partial charge in [0.25, 0.3) is 0 Å². The molecule has 0 aliphatic heterocycles. The monoisotopic (exact) mass is 344 g/mol. The molecule has 2 rings (SSSR count). The van der Waals surface area contributed by atoms with E-state index < -0.39 is 16.3 Å². The van der Waals surface area contributed by atoms with Gasteiger partial charge in [0.2, 0.25) is 5.91 Å². The van der Waals surface area contributed by atoms with Gasteiger partial charge in [-0.3, -0.25) is 9.00 Å². The molecule has 4 nitrogen and oxygen atoms in total. The Balaban J connectivity index is 2.06. The van der Waals surface area contributed by atoms with Crippen LogP contribution in [-0.4, -0.2) is 15.7 Å². The van der Waals surface area contributed by atoms with Crippen LogP contribution in [0.15, 0.2) is 59.5 Å². The van der Waals surface area contributed by atoms with Crippen molar-refractivity contribution in [3.8, 4) is 0 Å². The second-order valence-corrected chi connectivity index (χ2v) is 7.58. The van der Waals surface area contributed by atoms with Crippen molar-refractivity contribution in [3.05, 3.63) is 60.2 Å². The van der Waals surface area contributed by atoms with Gasteiger partial charge in [-0.25, -0.2) is 0 Å².